The summed E-state index contributed by atoms with van der Waals surface area (Å²) >= 11 is 3.42. The number of carbonyl (C=O) groups is 1. The first-order chi connectivity index (χ1) is 10.8. The third kappa shape index (κ3) is 2.93. The molecule has 23 heavy (non-hydrogen) atoms. The maximum atomic E-state index is 13.0. The zero-order valence-electron chi connectivity index (χ0n) is 13.2. The number of fused-ring (bicyclic) bond motifs is 1. The minimum Gasteiger partial charge on any atom is -0.338 e. The lowest BCUT2D eigenvalue weighted by Gasteiger charge is -2.42. The van der Waals surface area contributed by atoms with E-state index in [-0.39, 0.29) is 22.9 Å². The van der Waals surface area contributed by atoms with Gasteiger partial charge in [-0.3, -0.25) is 9.59 Å². The number of benzene rings is 1. The Balaban J connectivity index is 2.05. The number of nitrogens with one attached hydrogen (secondary N) is 1. The van der Waals surface area contributed by atoms with Crippen LogP contribution in [0.25, 0.3) is 10.9 Å². The van der Waals surface area contributed by atoms with Crippen LogP contribution in [0.2, 0.25) is 0 Å². The van der Waals surface area contributed by atoms with Crippen molar-refractivity contribution in [3.05, 3.63) is 44.7 Å². The molecule has 0 bridgehead atoms. The molecule has 2 aromatic rings. The first-order valence-electron chi connectivity index (χ1n) is 7.66. The number of hydrogen-bond donors (Lipinski definition) is 2. The normalized spacial score (nSPS) is 20.7. The topological polar surface area (TPSA) is 79.2 Å². The first kappa shape index (κ1) is 16.2. The van der Waals surface area contributed by atoms with Crippen LogP contribution >= 0.6 is 15.9 Å². The van der Waals surface area contributed by atoms with Crippen LogP contribution < -0.4 is 11.3 Å². The van der Waals surface area contributed by atoms with Crippen molar-refractivity contribution < 1.29 is 4.79 Å². The Labute approximate surface area is 143 Å². The number of amides is 1. The molecule has 1 amide bonds. The highest BCUT2D eigenvalue weighted by molar-refractivity contribution is 9.10. The highest BCUT2D eigenvalue weighted by atomic mass is 79.9. The Kier molecular flexibility index (Phi) is 4.06. The highest BCUT2D eigenvalue weighted by Crippen LogP contribution is 2.30. The predicted molar refractivity (Wildman–Crippen MR) is 94.5 cm³/mol. The monoisotopic (exact) mass is 377 g/mol. The Bertz CT molecular complexity index is 828. The number of aromatic nitrogens is 1. The fraction of sp³-hybridized carbons (Fsp3) is 0.412. The largest absolute Gasteiger partial charge is 0.338 e. The molecule has 6 heteroatoms. The van der Waals surface area contributed by atoms with Gasteiger partial charge >= 0.3 is 0 Å². The van der Waals surface area contributed by atoms with E-state index in [1.54, 1.807) is 4.90 Å². The number of halogens is 1. The van der Waals surface area contributed by atoms with Crippen molar-refractivity contribution in [1.29, 1.82) is 0 Å². The van der Waals surface area contributed by atoms with Gasteiger partial charge in [0.2, 0.25) is 5.56 Å². The van der Waals surface area contributed by atoms with Crippen molar-refractivity contribution in [3.63, 3.8) is 0 Å². The summed E-state index contributed by atoms with van der Waals surface area (Å²) in [6.07, 6.45) is 0.767. The second-order valence-electron chi connectivity index (χ2n) is 6.82. The summed E-state index contributed by atoms with van der Waals surface area (Å²) in [6.45, 7) is 5.36. The lowest BCUT2D eigenvalue weighted by Crippen LogP contribution is -2.54. The Hall–Kier alpha value is -1.66. The molecule has 0 spiro atoms. The van der Waals surface area contributed by atoms with Gasteiger partial charge < -0.3 is 15.6 Å². The molecule has 3 rings (SSSR count). The smallest absolute Gasteiger partial charge is 0.254 e. The number of aromatic amines is 1. The molecule has 2 heterocycles. The van der Waals surface area contributed by atoms with E-state index in [1.807, 2.05) is 18.2 Å². The molecule has 1 atom stereocenters. The summed E-state index contributed by atoms with van der Waals surface area (Å²) in [6, 6.07) is 7.02. The van der Waals surface area contributed by atoms with Gasteiger partial charge in [0.25, 0.3) is 5.91 Å². The van der Waals surface area contributed by atoms with Crippen molar-refractivity contribution in [2.75, 3.05) is 13.1 Å². The van der Waals surface area contributed by atoms with E-state index < -0.39 is 0 Å². The minimum absolute atomic E-state index is 0.0802. The zero-order chi connectivity index (χ0) is 16.8. The number of nitrogens with zero attached hydrogens (tertiary/aromatic N) is 1. The Morgan fingerprint density at radius 3 is 2.87 bits per heavy atom. The quantitative estimate of drug-likeness (QED) is 0.800. The number of nitrogens with two attached hydrogens (primary N) is 1. The van der Waals surface area contributed by atoms with Gasteiger partial charge in [0.1, 0.15) is 0 Å². The van der Waals surface area contributed by atoms with Crippen LogP contribution in [0.4, 0.5) is 0 Å². The van der Waals surface area contributed by atoms with Crippen LogP contribution in [0.15, 0.2) is 33.5 Å². The van der Waals surface area contributed by atoms with Crippen LogP contribution in [-0.2, 0) is 0 Å². The first-order valence-corrected chi connectivity index (χ1v) is 8.45. The van der Waals surface area contributed by atoms with Gasteiger partial charge in [-0.1, -0.05) is 26.0 Å². The van der Waals surface area contributed by atoms with Crippen molar-refractivity contribution in [1.82, 2.24) is 9.88 Å². The van der Waals surface area contributed by atoms with Gasteiger partial charge in [0, 0.05) is 35.1 Å². The van der Waals surface area contributed by atoms with Gasteiger partial charge in [-0.15, -0.1) is 0 Å². The summed E-state index contributed by atoms with van der Waals surface area (Å²) < 4.78 is 0.766. The highest BCUT2D eigenvalue weighted by Gasteiger charge is 2.36. The van der Waals surface area contributed by atoms with E-state index in [2.05, 4.69) is 34.8 Å². The fourth-order valence-corrected chi connectivity index (χ4v) is 3.60. The number of carbonyl (C=O) groups excluding carboxylic acids is 1. The number of para-hydroxylation sites is 1. The SMILES string of the molecule is CC1(C)CN(C(=O)c2cc(=O)[nH]c3c(Br)cccc23)CCC1N. The summed E-state index contributed by atoms with van der Waals surface area (Å²) in [5.74, 6) is -0.112. The van der Waals surface area contributed by atoms with Crippen LogP contribution in [0.3, 0.4) is 0 Å². The number of piperidine rings is 1. The molecule has 1 aliphatic rings. The molecule has 3 N–H and O–H groups in total. The summed E-state index contributed by atoms with van der Waals surface area (Å²) in [5, 5.41) is 0.747. The van der Waals surface area contributed by atoms with Crippen LogP contribution in [0, 0.1) is 5.41 Å². The Morgan fingerprint density at radius 1 is 1.43 bits per heavy atom. The average molecular weight is 378 g/mol. The second kappa shape index (κ2) is 5.76. The zero-order valence-corrected chi connectivity index (χ0v) is 14.8. The number of hydrogen-bond acceptors (Lipinski definition) is 3. The second-order valence-corrected chi connectivity index (χ2v) is 7.67. The molecule has 0 saturated carbocycles. The number of rotatable bonds is 1. The molecule has 1 fully saturated rings. The maximum absolute atomic E-state index is 13.0. The van der Waals surface area contributed by atoms with Gasteiger partial charge in [-0.25, -0.2) is 0 Å². The minimum atomic E-state index is -0.277. The van der Waals surface area contributed by atoms with Crippen LogP contribution in [0.5, 0.6) is 0 Å². The van der Waals surface area contributed by atoms with E-state index in [9.17, 15) is 9.59 Å². The molecule has 1 aromatic heterocycles. The molecule has 0 aliphatic carbocycles. The van der Waals surface area contributed by atoms with E-state index >= 15 is 0 Å². The van der Waals surface area contributed by atoms with Crippen molar-refractivity contribution in [2.24, 2.45) is 11.1 Å². The molecular formula is C17H20BrN3O2. The number of pyridine rings is 1. The van der Waals surface area contributed by atoms with Crippen LogP contribution in [-0.4, -0.2) is 34.9 Å². The number of likely N-dealkylation sites (tertiary alicyclic amines) is 1. The van der Waals surface area contributed by atoms with E-state index in [0.29, 0.717) is 24.2 Å². The third-order valence-electron chi connectivity index (χ3n) is 4.66. The molecule has 1 unspecified atom stereocenters. The Morgan fingerprint density at radius 2 is 2.17 bits per heavy atom. The molecule has 1 aliphatic heterocycles. The molecule has 5 nitrogen and oxygen atoms in total. The molecular weight excluding hydrogens is 358 g/mol. The molecule has 1 saturated heterocycles. The van der Waals surface area contributed by atoms with Crippen molar-refractivity contribution >= 4 is 32.7 Å². The van der Waals surface area contributed by atoms with E-state index in [4.69, 9.17) is 5.73 Å². The van der Waals surface area contributed by atoms with Crippen molar-refractivity contribution in [2.45, 2.75) is 26.3 Å². The van der Waals surface area contributed by atoms with E-state index in [1.165, 1.54) is 6.07 Å². The predicted octanol–water partition coefficient (Wildman–Crippen LogP) is 2.49. The molecule has 0 radical (unpaired) electrons. The van der Waals surface area contributed by atoms with E-state index in [0.717, 1.165) is 16.3 Å². The lowest BCUT2D eigenvalue weighted by atomic mass is 9.79. The van der Waals surface area contributed by atoms with Gasteiger partial charge in [0.05, 0.1) is 11.1 Å². The lowest BCUT2D eigenvalue weighted by molar-refractivity contribution is 0.0534. The van der Waals surface area contributed by atoms with Crippen molar-refractivity contribution in [3.8, 4) is 0 Å². The molecule has 1 aromatic carbocycles. The summed E-state index contributed by atoms with van der Waals surface area (Å²) in [7, 11) is 0. The average Bonchev–Trinajstić information content (AvgIpc) is 2.49. The summed E-state index contributed by atoms with van der Waals surface area (Å²) in [5.41, 5.74) is 6.83. The van der Waals surface area contributed by atoms with Gasteiger partial charge in [0.15, 0.2) is 0 Å². The van der Waals surface area contributed by atoms with Gasteiger partial charge in [-0.2, -0.15) is 0 Å². The number of H-pyrrole nitrogens is 1. The summed E-state index contributed by atoms with van der Waals surface area (Å²) in [4.78, 5) is 29.5. The maximum Gasteiger partial charge on any atom is 0.254 e. The fourth-order valence-electron chi connectivity index (χ4n) is 3.14. The third-order valence-corrected chi connectivity index (χ3v) is 5.32. The molecule has 122 valence electrons. The van der Waals surface area contributed by atoms with Gasteiger partial charge in [-0.05, 0) is 33.8 Å². The van der Waals surface area contributed by atoms with Crippen LogP contribution in [0.1, 0.15) is 30.6 Å². The standard InChI is InChI=1S/C17H20BrN3O2/c1-17(2)9-21(7-6-13(17)19)16(23)11-8-14(22)20-15-10(11)4-3-5-12(15)18/h3-5,8,13H,6-7,9,19H2,1-2H3,(H,20,22).